The first-order valence-electron chi connectivity index (χ1n) is 6.66. The number of nitrogens with one attached hydrogen (secondary N) is 1. The molecule has 0 saturated heterocycles. The molecule has 1 heterocycles. The Hall–Kier alpha value is -1.32. The predicted molar refractivity (Wildman–Crippen MR) is 80.0 cm³/mol. The Balaban J connectivity index is 2.36. The molecule has 1 N–H and O–H groups in total. The minimum atomic E-state index is 0.249. The zero-order chi connectivity index (χ0) is 13.8. The molecule has 0 radical (unpaired) electrons. The minimum absolute atomic E-state index is 0.249. The van der Waals surface area contributed by atoms with Gasteiger partial charge in [-0.15, -0.1) is 0 Å². The normalized spacial score (nSPS) is 12.6. The van der Waals surface area contributed by atoms with Gasteiger partial charge in [0.25, 0.3) is 0 Å². The highest BCUT2D eigenvalue weighted by atomic mass is 35.5. The number of imidazole rings is 1. The van der Waals surface area contributed by atoms with E-state index in [2.05, 4.69) is 40.8 Å². The highest BCUT2D eigenvalue weighted by molar-refractivity contribution is 6.31. The maximum Gasteiger partial charge on any atom is 0.113 e. The van der Waals surface area contributed by atoms with Crippen molar-refractivity contribution >= 4 is 11.6 Å². The SMILES string of the molecule is CCCc1nccn1-c1ccc(C(C)NC)c(Cl)c1. The van der Waals surface area contributed by atoms with Crippen molar-refractivity contribution in [2.75, 3.05) is 7.05 Å². The highest BCUT2D eigenvalue weighted by Gasteiger charge is 2.10. The number of hydrogen-bond donors (Lipinski definition) is 1. The van der Waals surface area contributed by atoms with Crippen LogP contribution in [0.2, 0.25) is 5.02 Å². The molecule has 1 unspecified atom stereocenters. The van der Waals surface area contributed by atoms with Crippen LogP contribution in [0, 0.1) is 0 Å². The maximum atomic E-state index is 6.38. The van der Waals surface area contributed by atoms with Gasteiger partial charge in [0, 0.05) is 35.6 Å². The molecule has 1 aromatic heterocycles. The standard InChI is InChI=1S/C15H20ClN3/c1-4-5-15-18-8-9-19(15)12-6-7-13(11(2)17-3)14(16)10-12/h6-11,17H,4-5H2,1-3H3. The lowest BCUT2D eigenvalue weighted by Gasteiger charge is -2.14. The summed E-state index contributed by atoms with van der Waals surface area (Å²) >= 11 is 6.38. The minimum Gasteiger partial charge on any atom is -0.313 e. The summed E-state index contributed by atoms with van der Waals surface area (Å²) in [6.07, 6.45) is 5.87. The van der Waals surface area contributed by atoms with E-state index in [4.69, 9.17) is 11.6 Å². The number of nitrogens with zero attached hydrogens (tertiary/aromatic N) is 2. The summed E-state index contributed by atoms with van der Waals surface area (Å²) in [6, 6.07) is 6.43. The van der Waals surface area contributed by atoms with Gasteiger partial charge in [-0.1, -0.05) is 24.6 Å². The van der Waals surface area contributed by atoms with E-state index in [9.17, 15) is 0 Å². The van der Waals surface area contributed by atoms with E-state index in [0.717, 1.165) is 34.9 Å². The number of rotatable bonds is 5. The molecule has 0 saturated carbocycles. The summed E-state index contributed by atoms with van der Waals surface area (Å²) in [4.78, 5) is 4.39. The van der Waals surface area contributed by atoms with Crippen molar-refractivity contribution in [3.63, 3.8) is 0 Å². The topological polar surface area (TPSA) is 29.9 Å². The maximum absolute atomic E-state index is 6.38. The number of hydrogen-bond acceptors (Lipinski definition) is 2. The lowest BCUT2D eigenvalue weighted by atomic mass is 10.1. The zero-order valence-corrected chi connectivity index (χ0v) is 12.4. The van der Waals surface area contributed by atoms with Gasteiger partial charge in [-0.25, -0.2) is 4.98 Å². The van der Waals surface area contributed by atoms with E-state index in [1.807, 2.05) is 25.5 Å². The van der Waals surface area contributed by atoms with Gasteiger partial charge in [0.15, 0.2) is 0 Å². The quantitative estimate of drug-likeness (QED) is 0.902. The lowest BCUT2D eigenvalue weighted by Crippen LogP contribution is -2.13. The van der Waals surface area contributed by atoms with Crippen LogP contribution in [0.4, 0.5) is 0 Å². The molecule has 0 spiro atoms. The van der Waals surface area contributed by atoms with Crippen LogP contribution in [0.1, 0.15) is 37.7 Å². The molecular weight excluding hydrogens is 258 g/mol. The van der Waals surface area contributed by atoms with Crippen molar-refractivity contribution in [2.24, 2.45) is 0 Å². The van der Waals surface area contributed by atoms with Crippen LogP contribution in [-0.4, -0.2) is 16.6 Å². The Morgan fingerprint density at radius 1 is 1.42 bits per heavy atom. The highest BCUT2D eigenvalue weighted by Crippen LogP contribution is 2.26. The third-order valence-corrected chi connectivity index (χ3v) is 3.68. The Morgan fingerprint density at radius 2 is 2.21 bits per heavy atom. The fourth-order valence-electron chi connectivity index (χ4n) is 2.15. The summed E-state index contributed by atoms with van der Waals surface area (Å²) < 4.78 is 2.10. The average molecular weight is 278 g/mol. The van der Waals surface area contributed by atoms with E-state index in [0.29, 0.717) is 0 Å². The fraction of sp³-hybridized carbons (Fsp3) is 0.400. The molecule has 0 amide bonds. The van der Waals surface area contributed by atoms with Crippen molar-refractivity contribution in [1.82, 2.24) is 14.9 Å². The first-order valence-corrected chi connectivity index (χ1v) is 7.04. The third kappa shape index (κ3) is 2.99. The molecule has 4 heteroatoms. The van der Waals surface area contributed by atoms with Crippen LogP contribution in [0.25, 0.3) is 5.69 Å². The van der Waals surface area contributed by atoms with Crippen molar-refractivity contribution in [2.45, 2.75) is 32.7 Å². The van der Waals surface area contributed by atoms with Gasteiger partial charge in [0.1, 0.15) is 5.82 Å². The summed E-state index contributed by atoms with van der Waals surface area (Å²) in [5, 5.41) is 3.99. The molecule has 0 aliphatic carbocycles. The van der Waals surface area contributed by atoms with Gasteiger partial charge in [0.2, 0.25) is 0 Å². The Kier molecular flexibility index (Phi) is 4.61. The second-order valence-electron chi connectivity index (χ2n) is 4.68. The molecule has 1 atom stereocenters. The second-order valence-corrected chi connectivity index (χ2v) is 5.09. The molecule has 0 bridgehead atoms. The number of benzene rings is 1. The Morgan fingerprint density at radius 3 is 2.84 bits per heavy atom. The molecule has 102 valence electrons. The van der Waals surface area contributed by atoms with Gasteiger partial charge in [-0.05, 0) is 38.1 Å². The van der Waals surface area contributed by atoms with Gasteiger partial charge >= 0.3 is 0 Å². The van der Waals surface area contributed by atoms with E-state index >= 15 is 0 Å². The molecule has 3 nitrogen and oxygen atoms in total. The van der Waals surface area contributed by atoms with Crippen molar-refractivity contribution in [3.8, 4) is 5.69 Å². The van der Waals surface area contributed by atoms with Crippen LogP contribution in [0.5, 0.6) is 0 Å². The van der Waals surface area contributed by atoms with Crippen molar-refractivity contribution in [3.05, 3.63) is 47.0 Å². The molecule has 0 aliphatic rings. The molecule has 0 aliphatic heterocycles. The summed E-state index contributed by atoms with van der Waals surface area (Å²) in [5.74, 6) is 1.08. The molecule has 0 fully saturated rings. The molecular formula is C15H20ClN3. The third-order valence-electron chi connectivity index (χ3n) is 3.35. The summed E-state index contributed by atoms with van der Waals surface area (Å²) in [7, 11) is 1.93. The smallest absolute Gasteiger partial charge is 0.113 e. The van der Waals surface area contributed by atoms with Crippen LogP contribution < -0.4 is 5.32 Å². The van der Waals surface area contributed by atoms with Crippen LogP contribution in [-0.2, 0) is 6.42 Å². The van der Waals surface area contributed by atoms with Gasteiger partial charge < -0.3 is 9.88 Å². The van der Waals surface area contributed by atoms with Crippen LogP contribution in [0.3, 0.4) is 0 Å². The van der Waals surface area contributed by atoms with E-state index in [-0.39, 0.29) is 6.04 Å². The summed E-state index contributed by atoms with van der Waals surface area (Å²) in [6.45, 7) is 4.25. The van der Waals surface area contributed by atoms with E-state index in [1.54, 1.807) is 0 Å². The predicted octanol–water partition coefficient (Wildman–Crippen LogP) is 3.76. The van der Waals surface area contributed by atoms with Crippen molar-refractivity contribution in [1.29, 1.82) is 0 Å². The first kappa shape index (κ1) is 14.1. The average Bonchev–Trinajstić information content (AvgIpc) is 2.86. The first-order chi connectivity index (χ1) is 9.17. The van der Waals surface area contributed by atoms with E-state index < -0.39 is 0 Å². The molecule has 2 aromatic rings. The monoisotopic (exact) mass is 277 g/mol. The van der Waals surface area contributed by atoms with Crippen LogP contribution in [0.15, 0.2) is 30.6 Å². The largest absolute Gasteiger partial charge is 0.313 e. The number of aromatic nitrogens is 2. The molecule has 19 heavy (non-hydrogen) atoms. The Bertz CT molecular complexity index is 548. The van der Waals surface area contributed by atoms with Gasteiger partial charge in [-0.3, -0.25) is 0 Å². The molecule has 2 rings (SSSR count). The van der Waals surface area contributed by atoms with Gasteiger partial charge in [0.05, 0.1) is 0 Å². The number of halogens is 1. The molecule has 1 aromatic carbocycles. The van der Waals surface area contributed by atoms with E-state index in [1.165, 1.54) is 0 Å². The fourth-order valence-corrected chi connectivity index (χ4v) is 2.49. The lowest BCUT2D eigenvalue weighted by molar-refractivity contribution is 0.652. The second kappa shape index (κ2) is 6.22. The van der Waals surface area contributed by atoms with Crippen LogP contribution >= 0.6 is 11.6 Å². The number of aryl methyl sites for hydroxylation is 1. The van der Waals surface area contributed by atoms with Crippen molar-refractivity contribution < 1.29 is 0 Å². The Labute approximate surface area is 119 Å². The zero-order valence-electron chi connectivity index (χ0n) is 11.7. The summed E-state index contributed by atoms with van der Waals surface area (Å²) in [5.41, 5.74) is 2.18. The van der Waals surface area contributed by atoms with Gasteiger partial charge in [-0.2, -0.15) is 0 Å².